The number of hydrogen-bond acceptors (Lipinski definition) is 4. The van der Waals surface area contributed by atoms with Gasteiger partial charge in [0.25, 0.3) is 5.19 Å². The van der Waals surface area contributed by atoms with Crippen molar-refractivity contribution < 1.29 is 4.74 Å². The Balaban J connectivity index is 2.01. The van der Waals surface area contributed by atoms with Gasteiger partial charge in [0.05, 0.1) is 7.11 Å². The Labute approximate surface area is 82.1 Å². The summed E-state index contributed by atoms with van der Waals surface area (Å²) < 4.78 is 5.05. The Bertz CT molecular complexity index is 294. The van der Waals surface area contributed by atoms with Crippen molar-refractivity contribution in [1.29, 1.82) is 0 Å². The second-order valence-corrected chi connectivity index (χ2v) is 4.58. The third-order valence-corrected chi connectivity index (χ3v) is 3.56. The summed E-state index contributed by atoms with van der Waals surface area (Å²) in [5.41, 5.74) is 0.373. The lowest BCUT2D eigenvalue weighted by atomic mass is 10.2. The molecule has 1 aliphatic rings. The molecule has 13 heavy (non-hydrogen) atoms. The lowest BCUT2D eigenvalue weighted by molar-refractivity contribution is 0.412. The van der Waals surface area contributed by atoms with Crippen LogP contribution in [0.3, 0.4) is 0 Å². The molecule has 0 radical (unpaired) electrons. The zero-order chi connectivity index (χ0) is 9.31. The molecule has 2 rings (SSSR count). The smallest absolute Gasteiger partial charge is 0.273 e. The standard InChI is InChI=1S/C9H14N2OS/c1-10-9(3-4-9)5-7-6-11-8(12-2)13-7/h6,10H,3-5H2,1-2H3. The molecule has 0 aliphatic heterocycles. The zero-order valence-corrected chi connectivity index (χ0v) is 8.78. The summed E-state index contributed by atoms with van der Waals surface area (Å²) in [5.74, 6) is 0. The van der Waals surface area contributed by atoms with Crippen LogP contribution in [0, 0.1) is 0 Å². The number of likely N-dealkylation sites (N-methyl/N-ethyl adjacent to an activating group) is 1. The third-order valence-electron chi connectivity index (χ3n) is 2.60. The Hall–Kier alpha value is -0.610. The van der Waals surface area contributed by atoms with Crippen LogP contribution in [0.1, 0.15) is 17.7 Å². The molecule has 1 fully saturated rings. The van der Waals surface area contributed by atoms with Crippen molar-refractivity contribution in [3.8, 4) is 5.19 Å². The van der Waals surface area contributed by atoms with Gasteiger partial charge in [0.1, 0.15) is 0 Å². The van der Waals surface area contributed by atoms with Crippen molar-refractivity contribution in [1.82, 2.24) is 10.3 Å². The third kappa shape index (κ3) is 1.84. The van der Waals surface area contributed by atoms with Gasteiger partial charge in [-0.3, -0.25) is 0 Å². The van der Waals surface area contributed by atoms with Gasteiger partial charge in [-0.2, -0.15) is 0 Å². The molecule has 1 N–H and O–H groups in total. The summed E-state index contributed by atoms with van der Waals surface area (Å²) in [6, 6.07) is 0. The first kappa shape index (κ1) is 8.97. The molecule has 0 bridgehead atoms. The van der Waals surface area contributed by atoms with Gasteiger partial charge in [-0.25, -0.2) is 4.98 Å². The molecule has 72 valence electrons. The molecule has 1 heterocycles. The fourth-order valence-corrected chi connectivity index (χ4v) is 2.33. The van der Waals surface area contributed by atoms with Crippen LogP contribution in [0.4, 0.5) is 0 Å². The van der Waals surface area contributed by atoms with Crippen molar-refractivity contribution >= 4 is 11.3 Å². The largest absolute Gasteiger partial charge is 0.473 e. The van der Waals surface area contributed by atoms with Crippen LogP contribution in [0.25, 0.3) is 0 Å². The maximum Gasteiger partial charge on any atom is 0.273 e. The quantitative estimate of drug-likeness (QED) is 0.795. The summed E-state index contributed by atoms with van der Waals surface area (Å²) in [6.45, 7) is 0. The molecule has 4 heteroatoms. The highest BCUT2D eigenvalue weighted by molar-refractivity contribution is 7.13. The van der Waals surface area contributed by atoms with E-state index in [0.717, 1.165) is 11.6 Å². The van der Waals surface area contributed by atoms with Crippen LogP contribution in [0.5, 0.6) is 5.19 Å². The van der Waals surface area contributed by atoms with Gasteiger partial charge in [0.15, 0.2) is 0 Å². The van der Waals surface area contributed by atoms with Crippen molar-refractivity contribution in [2.24, 2.45) is 0 Å². The fraction of sp³-hybridized carbons (Fsp3) is 0.667. The van der Waals surface area contributed by atoms with E-state index in [-0.39, 0.29) is 0 Å². The number of hydrogen-bond donors (Lipinski definition) is 1. The topological polar surface area (TPSA) is 34.2 Å². The van der Waals surface area contributed by atoms with Crippen molar-refractivity contribution in [2.75, 3.05) is 14.2 Å². The van der Waals surface area contributed by atoms with Gasteiger partial charge in [-0.05, 0) is 19.9 Å². The number of nitrogens with one attached hydrogen (secondary N) is 1. The minimum absolute atomic E-state index is 0.373. The van der Waals surface area contributed by atoms with Gasteiger partial charge in [-0.15, -0.1) is 0 Å². The summed E-state index contributed by atoms with van der Waals surface area (Å²) >= 11 is 1.64. The van der Waals surface area contributed by atoms with Crippen LogP contribution in [0.15, 0.2) is 6.20 Å². The Morgan fingerprint density at radius 3 is 2.92 bits per heavy atom. The molecule has 0 unspecified atom stereocenters. The number of nitrogens with zero attached hydrogens (tertiary/aromatic N) is 1. The minimum atomic E-state index is 0.373. The van der Waals surface area contributed by atoms with Crippen molar-refractivity contribution in [3.63, 3.8) is 0 Å². The van der Waals surface area contributed by atoms with E-state index in [9.17, 15) is 0 Å². The highest BCUT2D eigenvalue weighted by atomic mass is 32.1. The molecule has 3 nitrogen and oxygen atoms in total. The summed E-state index contributed by atoms with van der Waals surface area (Å²) in [7, 11) is 3.69. The Kier molecular flexibility index (Phi) is 2.26. The van der Waals surface area contributed by atoms with E-state index in [0.29, 0.717) is 5.54 Å². The first-order valence-corrected chi connectivity index (χ1v) is 5.27. The molecular weight excluding hydrogens is 184 g/mol. The summed E-state index contributed by atoms with van der Waals surface area (Å²) in [5, 5.41) is 4.13. The number of rotatable bonds is 4. The van der Waals surface area contributed by atoms with E-state index in [1.807, 2.05) is 13.2 Å². The highest BCUT2D eigenvalue weighted by Gasteiger charge is 2.41. The summed E-state index contributed by atoms with van der Waals surface area (Å²) in [6.07, 6.45) is 5.57. The van der Waals surface area contributed by atoms with Crippen LogP contribution >= 0.6 is 11.3 Å². The lowest BCUT2D eigenvalue weighted by Crippen LogP contribution is -2.29. The maximum atomic E-state index is 5.05. The minimum Gasteiger partial charge on any atom is -0.473 e. The van der Waals surface area contributed by atoms with Gasteiger partial charge in [0, 0.05) is 23.0 Å². The van der Waals surface area contributed by atoms with Gasteiger partial charge in [-0.1, -0.05) is 11.3 Å². The number of ether oxygens (including phenoxy) is 1. The first-order valence-electron chi connectivity index (χ1n) is 4.46. The van der Waals surface area contributed by atoms with Gasteiger partial charge < -0.3 is 10.1 Å². The van der Waals surface area contributed by atoms with E-state index in [1.165, 1.54) is 17.7 Å². The number of thiazole rings is 1. The molecule has 1 aliphatic carbocycles. The number of methoxy groups -OCH3 is 1. The second-order valence-electron chi connectivity index (χ2n) is 3.50. The molecule has 0 spiro atoms. The normalized spacial score (nSPS) is 18.6. The first-order chi connectivity index (χ1) is 6.28. The molecule has 1 saturated carbocycles. The van der Waals surface area contributed by atoms with Crippen molar-refractivity contribution in [3.05, 3.63) is 11.1 Å². The van der Waals surface area contributed by atoms with E-state index in [1.54, 1.807) is 18.4 Å². The predicted molar refractivity (Wildman–Crippen MR) is 53.4 cm³/mol. The maximum absolute atomic E-state index is 5.05. The van der Waals surface area contributed by atoms with E-state index in [2.05, 4.69) is 10.3 Å². The van der Waals surface area contributed by atoms with Crippen LogP contribution in [0.2, 0.25) is 0 Å². The fourth-order valence-electron chi connectivity index (χ4n) is 1.47. The van der Waals surface area contributed by atoms with E-state index >= 15 is 0 Å². The second kappa shape index (κ2) is 3.27. The van der Waals surface area contributed by atoms with Crippen molar-refractivity contribution in [2.45, 2.75) is 24.8 Å². The van der Waals surface area contributed by atoms with Crippen LogP contribution < -0.4 is 10.1 Å². The highest BCUT2D eigenvalue weighted by Crippen LogP contribution is 2.39. The Morgan fingerprint density at radius 1 is 1.69 bits per heavy atom. The lowest BCUT2D eigenvalue weighted by Gasteiger charge is -2.11. The average molecular weight is 198 g/mol. The van der Waals surface area contributed by atoms with Gasteiger partial charge >= 0.3 is 0 Å². The molecule has 1 aromatic rings. The van der Waals surface area contributed by atoms with E-state index in [4.69, 9.17) is 4.74 Å². The average Bonchev–Trinajstić information content (AvgIpc) is 2.77. The molecule has 1 aromatic heterocycles. The zero-order valence-electron chi connectivity index (χ0n) is 7.96. The van der Waals surface area contributed by atoms with Gasteiger partial charge in [0.2, 0.25) is 0 Å². The van der Waals surface area contributed by atoms with Crippen LogP contribution in [-0.2, 0) is 6.42 Å². The molecule has 0 atom stereocenters. The van der Waals surface area contributed by atoms with E-state index < -0.39 is 0 Å². The SMILES string of the molecule is CNC1(Cc2cnc(OC)s2)CC1. The predicted octanol–water partition coefficient (Wildman–Crippen LogP) is 1.45. The number of aromatic nitrogens is 1. The summed E-state index contributed by atoms with van der Waals surface area (Å²) in [4.78, 5) is 5.46. The van der Waals surface area contributed by atoms with Crippen LogP contribution in [-0.4, -0.2) is 24.7 Å². The molecule has 0 amide bonds. The molecular formula is C9H14N2OS. The molecule has 0 aromatic carbocycles. The monoisotopic (exact) mass is 198 g/mol. The molecule has 0 saturated heterocycles. The Morgan fingerprint density at radius 2 is 2.46 bits per heavy atom.